The Hall–Kier alpha value is -0.870. The molecule has 0 bridgehead atoms. The minimum Gasteiger partial charge on any atom is -0.468 e. The van der Waals surface area contributed by atoms with Crippen LogP contribution in [0.3, 0.4) is 0 Å². The molecule has 0 aliphatic heterocycles. The summed E-state index contributed by atoms with van der Waals surface area (Å²) < 4.78 is 5.07. The third kappa shape index (κ3) is 2.84. The molecule has 1 aromatic heterocycles. The first kappa shape index (κ1) is 14.5. The van der Waals surface area contributed by atoms with E-state index in [1.165, 1.54) is 12.0 Å². The van der Waals surface area contributed by atoms with Crippen molar-refractivity contribution in [1.82, 2.24) is 5.32 Å². The lowest BCUT2D eigenvalue weighted by atomic mass is 9.86. The molecule has 3 nitrogen and oxygen atoms in total. The fourth-order valence-electron chi connectivity index (χ4n) is 3.43. The summed E-state index contributed by atoms with van der Waals surface area (Å²) in [6.45, 7) is 7.32. The molecule has 1 fully saturated rings. The Morgan fingerprint density at radius 2 is 2.32 bits per heavy atom. The third-order valence-electron chi connectivity index (χ3n) is 4.17. The maximum atomic E-state index is 12.3. The minimum atomic E-state index is -0.539. The smallest absolute Gasteiger partial charge is 0.326 e. The summed E-state index contributed by atoms with van der Waals surface area (Å²) in [5, 5.41) is 5.55. The van der Waals surface area contributed by atoms with Gasteiger partial charge in [-0.25, -0.2) is 0 Å². The van der Waals surface area contributed by atoms with E-state index in [0.29, 0.717) is 0 Å². The number of carbonyl (C=O) groups is 1. The summed E-state index contributed by atoms with van der Waals surface area (Å²) in [4.78, 5) is 13.6. The fourth-order valence-corrected chi connectivity index (χ4v) is 4.07. The molecule has 19 heavy (non-hydrogen) atoms. The number of methoxy groups -OCH3 is 1. The Morgan fingerprint density at radius 1 is 1.58 bits per heavy atom. The lowest BCUT2D eigenvalue weighted by Gasteiger charge is -2.32. The third-order valence-corrected chi connectivity index (χ3v) is 5.04. The minimum absolute atomic E-state index is 0.123. The standard InChI is InChI=1S/C15H23NO2S/c1-11-8-14(2,3)10-15(11,13(17)18-4)16-9-12-6-5-7-19-12/h5-7,11,16H,8-10H2,1-4H3. The first-order valence-corrected chi connectivity index (χ1v) is 7.63. The van der Waals surface area contributed by atoms with Gasteiger partial charge in [-0.2, -0.15) is 0 Å². The van der Waals surface area contributed by atoms with Gasteiger partial charge < -0.3 is 4.74 Å². The van der Waals surface area contributed by atoms with Crippen molar-refractivity contribution >= 4 is 17.3 Å². The van der Waals surface area contributed by atoms with Crippen LogP contribution in [0.25, 0.3) is 0 Å². The average molecular weight is 281 g/mol. The summed E-state index contributed by atoms with van der Waals surface area (Å²) in [6, 6.07) is 4.13. The van der Waals surface area contributed by atoms with Crippen molar-refractivity contribution in [1.29, 1.82) is 0 Å². The van der Waals surface area contributed by atoms with Gasteiger partial charge in [0.1, 0.15) is 5.54 Å². The number of rotatable bonds is 4. The number of nitrogens with one attached hydrogen (secondary N) is 1. The Bertz CT molecular complexity index is 441. The number of esters is 1. The molecule has 2 atom stereocenters. The second-order valence-electron chi connectivity index (χ2n) is 6.34. The summed E-state index contributed by atoms with van der Waals surface area (Å²) >= 11 is 1.71. The van der Waals surface area contributed by atoms with Crippen LogP contribution in [-0.4, -0.2) is 18.6 Å². The van der Waals surface area contributed by atoms with E-state index in [4.69, 9.17) is 4.74 Å². The Balaban J connectivity index is 2.18. The average Bonchev–Trinajstić information content (AvgIpc) is 2.92. The zero-order valence-corrected chi connectivity index (χ0v) is 13.0. The van der Waals surface area contributed by atoms with Crippen LogP contribution in [0.5, 0.6) is 0 Å². The van der Waals surface area contributed by atoms with E-state index in [0.717, 1.165) is 19.4 Å². The monoisotopic (exact) mass is 281 g/mol. The van der Waals surface area contributed by atoms with Crippen molar-refractivity contribution in [3.05, 3.63) is 22.4 Å². The van der Waals surface area contributed by atoms with E-state index >= 15 is 0 Å². The second-order valence-corrected chi connectivity index (χ2v) is 7.37. The van der Waals surface area contributed by atoms with Gasteiger partial charge in [0.2, 0.25) is 0 Å². The van der Waals surface area contributed by atoms with Gasteiger partial charge in [-0.05, 0) is 35.6 Å². The van der Waals surface area contributed by atoms with E-state index in [2.05, 4.69) is 37.5 Å². The van der Waals surface area contributed by atoms with Gasteiger partial charge in [-0.15, -0.1) is 11.3 Å². The topological polar surface area (TPSA) is 38.3 Å². The molecule has 1 N–H and O–H groups in total. The molecule has 0 aromatic carbocycles. The molecule has 1 aromatic rings. The number of thiophene rings is 1. The Labute approximate surface area is 119 Å². The molecule has 106 valence electrons. The van der Waals surface area contributed by atoms with Gasteiger partial charge in [0.05, 0.1) is 7.11 Å². The molecule has 0 amide bonds. The highest BCUT2D eigenvalue weighted by molar-refractivity contribution is 7.09. The van der Waals surface area contributed by atoms with Gasteiger partial charge in [-0.1, -0.05) is 26.8 Å². The lowest BCUT2D eigenvalue weighted by Crippen LogP contribution is -2.54. The molecule has 0 saturated heterocycles. The molecule has 4 heteroatoms. The van der Waals surface area contributed by atoms with E-state index in [1.807, 2.05) is 6.07 Å². The van der Waals surface area contributed by atoms with Crippen LogP contribution in [0.15, 0.2) is 17.5 Å². The molecular formula is C15H23NO2S. The molecule has 2 rings (SSSR count). The Kier molecular flexibility index (Phi) is 4.02. The summed E-state index contributed by atoms with van der Waals surface area (Å²) in [6.07, 6.45) is 1.87. The van der Waals surface area contributed by atoms with Crippen molar-refractivity contribution < 1.29 is 9.53 Å². The molecule has 1 aliphatic carbocycles. The first-order chi connectivity index (χ1) is 8.89. The highest BCUT2D eigenvalue weighted by Crippen LogP contribution is 2.48. The van der Waals surface area contributed by atoms with Gasteiger partial charge in [0.15, 0.2) is 0 Å². The summed E-state index contributed by atoms with van der Waals surface area (Å²) in [7, 11) is 1.48. The second kappa shape index (κ2) is 5.25. The van der Waals surface area contributed by atoms with Crippen LogP contribution in [0.4, 0.5) is 0 Å². The normalized spacial score (nSPS) is 29.4. The van der Waals surface area contributed by atoms with Crippen LogP contribution < -0.4 is 5.32 Å². The van der Waals surface area contributed by atoms with Crippen LogP contribution in [0.2, 0.25) is 0 Å². The van der Waals surface area contributed by atoms with Gasteiger partial charge in [0.25, 0.3) is 0 Å². The molecule has 2 unspecified atom stereocenters. The maximum Gasteiger partial charge on any atom is 0.326 e. The summed E-state index contributed by atoms with van der Waals surface area (Å²) in [5.74, 6) is 0.164. The first-order valence-electron chi connectivity index (χ1n) is 6.75. The molecule has 0 radical (unpaired) electrons. The molecule has 1 saturated carbocycles. The Morgan fingerprint density at radius 3 is 2.79 bits per heavy atom. The van der Waals surface area contributed by atoms with Crippen molar-refractivity contribution in [3.8, 4) is 0 Å². The van der Waals surface area contributed by atoms with Crippen molar-refractivity contribution in [3.63, 3.8) is 0 Å². The van der Waals surface area contributed by atoms with Crippen molar-refractivity contribution in [2.45, 2.75) is 45.7 Å². The van der Waals surface area contributed by atoms with Crippen LogP contribution >= 0.6 is 11.3 Å². The molecule has 1 aliphatic rings. The SMILES string of the molecule is COC(=O)C1(NCc2cccs2)CC(C)(C)CC1C. The fraction of sp³-hybridized carbons (Fsp3) is 0.667. The number of hydrogen-bond donors (Lipinski definition) is 1. The van der Waals surface area contributed by atoms with Crippen LogP contribution in [-0.2, 0) is 16.1 Å². The van der Waals surface area contributed by atoms with E-state index in [1.54, 1.807) is 11.3 Å². The van der Waals surface area contributed by atoms with Gasteiger partial charge in [-0.3, -0.25) is 10.1 Å². The molecule has 1 heterocycles. The predicted octanol–water partition coefficient (Wildman–Crippen LogP) is 3.21. The zero-order valence-electron chi connectivity index (χ0n) is 12.2. The zero-order chi connectivity index (χ0) is 14.1. The van der Waals surface area contributed by atoms with E-state index in [9.17, 15) is 4.79 Å². The van der Waals surface area contributed by atoms with E-state index in [-0.39, 0.29) is 17.3 Å². The van der Waals surface area contributed by atoms with Crippen molar-refractivity contribution in [2.24, 2.45) is 11.3 Å². The highest BCUT2D eigenvalue weighted by Gasteiger charge is 2.54. The number of ether oxygens (including phenoxy) is 1. The van der Waals surface area contributed by atoms with Crippen molar-refractivity contribution in [2.75, 3.05) is 7.11 Å². The maximum absolute atomic E-state index is 12.3. The summed E-state index contributed by atoms with van der Waals surface area (Å²) in [5.41, 5.74) is -0.363. The van der Waals surface area contributed by atoms with Crippen LogP contribution in [0.1, 0.15) is 38.5 Å². The largest absolute Gasteiger partial charge is 0.468 e. The van der Waals surface area contributed by atoms with Gasteiger partial charge in [0, 0.05) is 11.4 Å². The molecule has 0 spiro atoms. The highest BCUT2D eigenvalue weighted by atomic mass is 32.1. The lowest BCUT2D eigenvalue weighted by molar-refractivity contribution is -0.150. The predicted molar refractivity (Wildman–Crippen MR) is 78.1 cm³/mol. The van der Waals surface area contributed by atoms with Gasteiger partial charge >= 0.3 is 5.97 Å². The van der Waals surface area contributed by atoms with E-state index < -0.39 is 5.54 Å². The number of carbonyl (C=O) groups excluding carboxylic acids is 1. The quantitative estimate of drug-likeness (QED) is 0.861. The molecular weight excluding hydrogens is 258 g/mol. The number of hydrogen-bond acceptors (Lipinski definition) is 4. The van der Waals surface area contributed by atoms with Crippen LogP contribution in [0, 0.1) is 11.3 Å².